The van der Waals surface area contributed by atoms with E-state index in [0.717, 1.165) is 19.3 Å². The molecule has 4 nitrogen and oxygen atoms in total. The zero-order chi connectivity index (χ0) is 12.0. The van der Waals surface area contributed by atoms with Crippen molar-refractivity contribution in [2.24, 2.45) is 0 Å². The SMILES string of the molecule is CC(=O)CC1CC[C@@H]2O[C@@H]3C[C@]2(CO[C@H]3C)O1. The third-order valence-electron chi connectivity index (χ3n) is 4.25. The smallest absolute Gasteiger partial charge is 0.132 e. The molecule has 3 heterocycles. The maximum atomic E-state index is 11.2. The Morgan fingerprint density at radius 3 is 3.00 bits per heavy atom. The normalized spacial score (nSPS) is 48.8. The summed E-state index contributed by atoms with van der Waals surface area (Å²) >= 11 is 0. The van der Waals surface area contributed by atoms with Crippen LogP contribution in [0.1, 0.15) is 39.5 Å². The number of carbonyl (C=O) groups is 1. The van der Waals surface area contributed by atoms with Gasteiger partial charge in [0.2, 0.25) is 0 Å². The summed E-state index contributed by atoms with van der Waals surface area (Å²) in [6, 6.07) is 0. The Balaban J connectivity index is 1.73. The van der Waals surface area contributed by atoms with Crippen molar-refractivity contribution in [1.29, 1.82) is 0 Å². The van der Waals surface area contributed by atoms with E-state index in [0.29, 0.717) is 13.0 Å². The van der Waals surface area contributed by atoms with Crippen LogP contribution in [0.5, 0.6) is 0 Å². The molecule has 1 unspecified atom stereocenters. The number of carbonyl (C=O) groups excluding carboxylic acids is 1. The Morgan fingerprint density at radius 2 is 2.24 bits per heavy atom. The van der Waals surface area contributed by atoms with Crippen molar-refractivity contribution in [1.82, 2.24) is 0 Å². The van der Waals surface area contributed by atoms with E-state index in [1.807, 2.05) is 0 Å². The average Bonchev–Trinajstić information content (AvgIpc) is 2.58. The molecule has 0 aromatic rings. The standard InChI is InChI=1S/C13H20O4/c1-8(14)5-10-3-4-12-13(17-10)6-11(16-12)9(2)15-7-13/h9-12H,3-7H2,1-2H3/t9-,10?,11+,12-,13+/m0/s1. The van der Waals surface area contributed by atoms with E-state index in [1.165, 1.54) is 0 Å². The predicted molar refractivity (Wildman–Crippen MR) is 60.8 cm³/mol. The summed E-state index contributed by atoms with van der Waals surface area (Å²) in [6.45, 7) is 4.30. The van der Waals surface area contributed by atoms with Crippen LogP contribution in [0, 0.1) is 0 Å². The van der Waals surface area contributed by atoms with Gasteiger partial charge in [-0.25, -0.2) is 0 Å². The monoisotopic (exact) mass is 240 g/mol. The van der Waals surface area contributed by atoms with Crippen LogP contribution in [0.4, 0.5) is 0 Å². The molecule has 5 atom stereocenters. The molecule has 3 aliphatic heterocycles. The molecule has 3 aliphatic rings. The molecule has 2 bridgehead atoms. The molecule has 0 aromatic carbocycles. The molecule has 0 radical (unpaired) electrons. The minimum Gasteiger partial charge on any atom is -0.373 e. The zero-order valence-electron chi connectivity index (χ0n) is 10.5. The van der Waals surface area contributed by atoms with Crippen molar-refractivity contribution in [3.05, 3.63) is 0 Å². The Hall–Kier alpha value is -0.450. The van der Waals surface area contributed by atoms with Crippen LogP contribution in [0.15, 0.2) is 0 Å². The number of rotatable bonds is 2. The molecule has 0 saturated carbocycles. The van der Waals surface area contributed by atoms with Gasteiger partial charge in [-0.15, -0.1) is 0 Å². The Bertz CT molecular complexity index is 329. The lowest BCUT2D eigenvalue weighted by Crippen LogP contribution is -2.53. The fraction of sp³-hybridized carbons (Fsp3) is 0.923. The van der Waals surface area contributed by atoms with E-state index in [-0.39, 0.29) is 35.8 Å². The maximum Gasteiger partial charge on any atom is 0.132 e. The van der Waals surface area contributed by atoms with Crippen molar-refractivity contribution in [2.45, 2.75) is 69.5 Å². The van der Waals surface area contributed by atoms with E-state index in [1.54, 1.807) is 6.92 Å². The highest BCUT2D eigenvalue weighted by atomic mass is 16.6. The fourth-order valence-electron chi connectivity index (χ4n) is 3.34. The first-order valence-corrected chi connectivity index (χ1v) is 6.53. The van der Waals surface area contributed by atoms with Crippen LogP contribution >= 0.6 is 0 Å². The van der Waals surface area contributed by atoms with Crippen LogP contribution in [0.3, 0.4) is 0 Å². The molecule has 0 amide bonds. The number of hydrogen-bond acceptors (Lipinski definition) is 4. The summed E-state index contributed by atoms with van der Waals surface area (Å²) in [4.78, 5) is 11.2. The van der Waals surface area contributed by atoms with E-state index in [4.69, 9.17) is 14.2 Å². The zero-order valence-corrected chi connectivity index (χ0v) is 10.5. The molecule has 4 heteroatoms. The summed E-state index contributed by atoms with van der Waals surface area (Å²) < 4.78 is 17.9. The Labute approximate surface area is 102 Å². The highest BCUT2D eigenvalue weighted by molar-refractivity contribution is 5.76. The van der Waals surface area contributed by atoms with E-state index in [9.17, 15) is 4.79 Å². The molecule has 0 aromatic heterocycles. The second-order valence-corrected chi connectivity index (χ2v) is 5.67. The summed E-state index contributed by atoms with van der Waals surface area (Å²) in [5.41, 5.74) is -0.268. The van der Waals surface area contributed by atoms with Gasteiger partial charge in [0.05, 0.1) is 31.0 Å². The van der Waals surface area contributed by atoms with E-state index >= 15 is 0 Å². The summed E-state index contributed by atoms with van der Waals surface area (Å²) in [5, 5.41) is 0. The van der Waals surface area contributed by atoms with Crippen LogP contribution in [-0.4, -0.2) is 42.4 Å². The molecule has 17 heavy (non-hydrogen) atoms. The highest BCUT2D eigenvalue weighted by Crippen LogP contribution is 2.46. The number of ether oxygens (including phenoxy) is 3. The number of hydrogen-bond donors (Lipinski definition) is 0. The average molecular weight is 240 g/mol. The van der Waals surface area contributed by atoms with Crippen LogP contribution in [-0.2, 0) is 19.0 Å². The molecule has 3 rings (SSSR count). The highest BCUT2D eigenvalue weighted by Gasteiger charge is 2.57. The van der Waals surface area contributed by atoms with Crippen LogP contribution in [0.2, 0.25) is 0 Å². The van der Waals surface area contributed by atoms with Gasteiger partial charge in [0.25, 0.3) is 0 Å². The predicted octanol–water partition coefficient (Wildman–Crippen LogP) is 1.46. The Kier molecular flexibility index (Phi) is 2.76. The summed E-state index contributed by atoms with van der Waals surface area (Å²) in [7, 11) is 0. The summed E-state index contributed by atoms with van der Waals surface area (Å²) in [6.07, 6.45) is 3.93. The maximum absolute atomic E-state index is 11.2. The van der Waals surface area contributed by atoms with Crippen molar-refractivity contribution < 1.29 is 19.0 Å². The quantitative estimate of drug-likeness (QED) is 0.733. The lowest BCUT2D eigenvalue weighted by molar-refractivity contribution is -0.190. The van der Waals surface area contributed by atoms with Gasteiger partial charge in [-0.05, 0) is 26.7 Å². The molecule has 96 valence electrons. The molecule has 0 N–H and O–H groups in total. The van der Waals surface area contributed by atoms with Crippen molar-refractivity contribution in [2.75, 3.05) is 6.61 Å². The second-order valence-electron chi connectivity index (χ2n) is 5.67. The molecule has 3 fully saturated rings. The first-order valence-electron chi connectivity index (χ1n) is 6.53. The summed E-state index contributed by atoms with van der Waals surface area (Å²) in [5.74, 6) is 0.199. The van der Waals surface area contributed by atoms with Gasteiger partial charge in [-0.3, -0.25) is 4.79 Å². The lowest BCUT2D eigenvalue weighted by atomic mass is 9.84. The van der Waals surface area contributed by atoms with Gasteiger partial charge in [0, 0.05) is 12.8 Å². The minimum absolute atomic E-state index is 0.0584. The molecule has 0 aliphatic carbocycles. The number of Topliss-reactive ketones (excluding diaryl/α,β-unsaturated/α-hetero) is 1. The topological polar surface area (TPSA) is 44.8 Å². The first kappa shape index (κ1) is 11.6. The number of ketones is 1. The Morgan fingerprint density at radius 1 is 1.41 bits per heavy atom. The molecular formula is C13H20O4. The van der Waals surface area contributed by atoms with E-state index in [2.05, 4.69) is 6.92 Å². The van der Waals surface area contributed by atoms with Gasteiger partial charge in [-0.2, -0.15) is 0 Å². The number of fused-ring (bicyclic) bond motifs is 1. The van der Waals surface area contributed by atoms with Crippen molar-refractivity contribution in [3.63, 3.8) is 0 Å². The fourth-order valence-corrected chi connectivity index (χ4v) is 3.34. The van der Waals surface area contributed by atoms with Gasteiger partial charge < -0.3 is 14.2 Å². The van der Waals surface area contributed by atoms with Gasteiger partial charge in [-0.1, -0.05) is 0 Å². The van der Waals surface area contributed by atoms with Gasteiger partial charge >= 0.3 is 0 Å². The van der Waals surface area contributed by atoms with Gasteiger partial charge in [0.15, 0.2) is 0 Å². The molecular weight excluding hydrogens is 220 g/mol. The van der Waals surface area contributed by atoms with Crippen LogP contribution in [0.25, 0.3) is 0 Å². The first-order chi connectivity index (χ1) is 8.09. The largest absolute Gasteiger partial charge is 0.373 e. The molecule has 1 spiro atoms. The second kappa shape index (κ2) is 4.04. The van der Waals surface area contributed by atoms with Crippen molar-refractivity contribution in [3.8, 4) is 0 Å². The third-order valence-corrected chi connectivity index (χ3v) is 4.25. The van der Waals surface area contributed by atoms with E-state index < -0.39 is 0 Å². The lowest BCUT2D eigenvalue weighted by Gasteiger charge is -2.42. The third kappa shape index (κ3) is 1.92. The van der Waals surface area contributed by atoms with Gasteiger partial charge in [0.1, 0.15) is 11.4 Å². The minimum atomic E-state index is -0.268. The van der Waals surface area contributed by atoms with Crippen LogP contribution < -0.4 is 0 Å². The van der Waals surface area contributed by atoms with Crippen molar-refractivity contribution >= 4 is 5.78 Å². The molecule has 3 saturated heterocycles.